The van der Waals surface area contributed by atoms with Crippen molar-refractivity contribution in [3.8, 4) is 0 Å². The topological polar surface area (TPSA) is 29.5 Å². The van der Waals surface area contributed by atoms with Crippen molar-refractivity contribution in [2.45, 2.75) is 50.3 Å². The molecular formula is C20H21NO2. The molecule has 0 unspecified atom stereocenters. The Morgan fingerprint density at radius 2 is 2.00 bits per heavy atom. The Hall–Kier alpha value is -1.87. The zero-order valence-corrected chi connectivity index (χ0v) is 13.4. The van der Waals surface area contributed by atoms with Crippen molar-refractivity contribution >= 4 is 11.5 Å². The Bertz CT molecular complexity index is 745. The quantitative estimate of drug-likeness (QED) is 0.746. The number of ether oxygens (including phenoxy) is 1. The number of aryl methyl sites for hydroxylation is 1. The van der Waals surface area contributed by atoms with E-state index in [4.69, 9.17) is 4.74 Å². The van der Waals surface area contributed by atoms with Gasteiger partial charge in [-0.3, -0.25) is 4.90 Å². The smallest absolute Gasteiger partial charge is 0.332 e. The summed E-state index contributed by atoms with van der Waals surface area (Å²) in [5.41, 5.74) is 4.65. The maximum atomic E-state index is 12.0. The first-order valence-corrected chi connectivity index (χ1v) is 8.67. The van der Waals surface area contributed by atoms with Gasteiger partial charge >= 0.3 is 5.97 Å². The molecule has 23 heavy (non-hydrogen) atoms. The Kier molecular flexibility index (Phi) is 2.70. The molecule has 2 saturated heterocycles. The molecule has 3 aliphatic heterocycles. The van der Waals surface area contributed by atoms with Gasteiger partial charge in [0.2, 0.25) is 0 Å². The second-order valence-electron chi connectivity index (χ2n) is 7.35. The van der Waals surface area contributed by atoms with E-state index >= 15 is 0 Å². The number of piperidine rings is 1. The zero-order chi connectivity index (χ0) is 15.6. The molecule has 3 heterocycles. The van der Waals surface area contributed by atoms with Crippen molar-refractivity contribution in [2.24, 2.45) is 0 Å². The Labute approximate surface area is 136 Å². The van der Waals surface area contributed by atoms with Gasteiger partial charge in [-0.1, -0.05) is 36.2 Å². The average Bonchev–Trinajstić information content (AvgIpc) is 3.04. The van der Waals surface area contributed by atoms with Gasteiger partial charge in [-0.2, -0.15) is 0 Å². The summed E-state index contributed by atoms with van der Waals surface area (Å²) in [6.07, 6.45) is 8.51. The number of rotatable bonds is 1. The summed E-state index contributed by atoms with van der Waals surface area (Å²) in [5, 5.41) is 0. The van der Waals surface area contributed by atoms with Crippen LogP contribution in [-0.2, 0) is 9.53 Å². The predicted molar refractivity (Wildman–Crippen MR) is 88.8 cm³/mol. The van der Waals surface area contributed by atoms with Crippen LogP contribution in [0.5, 0.6) is 0 Å². The van der Waals surface area contributed by atoms with E-state index in [1.54, 1.807) is 6.08 Å². The zero-order valence-electron chi connectivity index (χ0n) is 13.4. The third-order valence-electron chi connectivity index (χ3n) is 6.08. The highest BCUT2D eigenvalue weighted by Crippen LogP contribution is 2.54. The van der Waals surface area contributed by atoms with Crippen LogP contribution in [-0.4, -0.2) is 35.1 Å². The van der Waals surface area contributed by atoms with Crippen LogP contribution in [0.25, 0.3) is 5.57 Å². The van der Waals surface area contributed by atoms with E-state index in [0.717, 1.165) is 25.0 Å². The molecule has 0 aromatic heterocycles. The minimum Gasteiger partial charge on any atom is -0.449 e. The van der Waals surface area contributed by atoms with E-state index in [9.17, 15) is 4.79 Å². The van der Waals surface area contributed by atoms with E-state index in [2.05, 4.69) is 42.2 Å². The van der Waals surface area contributed by atoms with Crippen LogP contribution in [0.15, 0.2) is 42.0 Å². The van der Waals surface area contributed by atoms with Crippen LogP contribution < -0.4 is 0 Å². The monoisotopic (exact) mass is 307 g/mol. The maximum absolute atomic E-state index is 12.0. The Morgan fingerprint density at radius 3 is 2.83 bits per heavy atom. The van der Waals surface area contributed by atoms with Crippen LogP contribution in [0.3, 0.4) is 0 Å². The molecule has 4 aliphatic rings. The highest BCUT2D eigenvalue weighted by Gasteiger charge is 2.61. The molecule has 118 valence electrons. The molecule has 1 aliphatic carbocycles. The van der Waals surface area contributed by atoms with E-state index in [1.165, 1.54) is 29.5 Å². The molecule has 2 fully saturated rings. The summed E-state index contributed by atoms with van der Waals surface area (Å²) in [7, 11) is 0. The second-order valence-corrected chi connectivity index (χ2v) is 7.35. The third kappa shape index (κ3) is 1.77. The minimum atomic E-state index is -0.365. The lowest BCUT2D eigenvalue weighted by atomic mass is 9.77. The van der Waals surface area contributed by atoms with Gasteiger partial charge in [-0.05, 0) is 43.5 Å². The molecule has 0 amide bonds. The fourth-order valence-corrected chi connectivity index (χ4v) is 5.04. The number of benzene rings is 1. The normalized spacial score (nSPS) is 35.3. The number of carbonyl (C=O) groups excluding carboxylic acids is 1. The molecule has 0 radical (unpaired) electrons. The molecule has 1 aromatic rings. The lowest BCUT2D eigenvalue weighted by Crippen LogP contribution is -2.48. The molecule has 0 N–H and O–H groups in total. The van der Waals surface area contributed by atoms with Gasteiger partial charge in [0.25, 0.3) is 0 Å². The first-order chi connectivity index (χ1) is 11.2. The number of carbonyl (C=O) groups is 1. The minimum absolute atomic E-state index is 0.160. The number of hydrogen-bond acceptors (Lipinski definition) is 3. The predicted octanol–water partition coefficient (Wildman–Crippen LogP) is 3.24. The standard InChI is InChI=1S/C20H21NO2/c1-13-5-7-14(8-6-13)16-10-15-11-19(22)23-20(15)12-17(16)21-9-3-2-4-18(20)21/h5-8,10-11,17-18H,2-4,9,12H2,1H3/t17-,18+,20-/m0/s1. The van der Waals surface area contributed by atoms with Gasteiger partial charge in [0.1, 0.15) is 0 Å². The van der Waals surface area contributed by atoms with Crippen molar-refractivity contribution < 1.29 is 9.53 Å². The van der Waals surface area contributed by atoms with Gasteiger partial charge in [0.15, 0.2) is 5.60 Å². The lowest BCUT2D eigenvalue weighted by Gasteiger charge is -2.37. The summed E-state index contributed by atoms with van der Waals surface area (Å²) in [5.74, 6) is -0.160. The summed E-state index contributed by atoms with van der Waals surface area (Å²) >= 11 is 0. The summed E-state index contributed by atoms with van der Waals surface area (Å²) in [6, 6.07) is 9.51. The summed E-state index contributed by atoms with van der Waals surface area (Å²) in [6.45, 7) is 3.23. The number of esters is 1. The first-order valence-electron chi connectivity index (χ1n) is 8.67. The number of fused-ring (bicyclic) bond motifs is 3. The van der Waals surface area contributed by atoms with Crippen LogP contribution in [0.4, 0.5) is 0 Å². The molecule has 2 bridgehead atoms. The molecule has 5 rings (SSSR count). The highest BCUT2D eigenvalue weighted by molar-refractivity contribution is 5.91. The Balaban J connectivity index is 1.66. The van der Waals surface area contributed by atoms with Gasteiger partial charge in [0, 0.05) is 24.1 Å². The first kappa shape index (κ1) is 13.6. The van der Waals surface area contributed by atoms with Crippen molar-refractivity contribution in [2.75, 3.05) is 6.54 Å². The fourth-order valence-electron chi connectivity index (χ4n) is 5.04. The fraction of sp³-hybridized carbons (Fsp3) is 0.450. The largest absolute Gasteiger partial charge is 0.449 e. The van der Waals surface area contributed by atoms with Crippen LogP contribution in [0.1, 0.15) is 36.8 Å². The van der Waals surface area contributed by atoms with Crippen LogP contribution in [0, 0.1) is 6.92 Å². The third-order valence-corrected chi connectivity index (χ3v) is 6.08. The molecule has 1 spiro atoms. The van der Waals surface area contributed by atoms with E-state index in [-0.39, 0.29) is 11.6 Å². The number of hydrogen-bond donors (Lipinski definition) is 0. The average molecular weight is 307 g/mol. The molecular weight excluding hydrogens is 286 g/mol. The summed E-state index contributed by atoms with van der Waals surface area (Å²) < 4.78 is 5.90. The van der Waals surface area contributed by atoms with Gasteiger partial charge in [-0.25, -0.2) is 4.79 Å². The van der Waals surface area contributed by atoms with Crippen molar-refractivity contribution in [1.29, 1.82) is 0 Å². The molecule has 1 aromatic carbocycles. The molecule has 3 heteroatoms. The Morgan fingerprint density at radius 1 is 1.17 bits per heavy atom. The summed E-state index contributed by atoms with van der Waals surface area (Å²) in [4.78, 5) is 14.6. The SMILES string of the molecule is Cc1ccc(C2=CC3=CC(=O)O[C@@]34C[C@@H]2N2CCCC[C@@H]24)cc1. The van der Waals surface area contributed by atoms with Crippen LogP contribution >= 0.6 is 0 Å². The van der Waals surface area contributed by atoms with Crippen LogP contribution in [0.2, 0.25) is 0 Å². The molecule has 3 nitrogen and oxygen atoms in total. The maximum Gasteiger partial charge on any atom is 0.332 e. The molecule has 0 saturated carbocycles. The van der Waals surface area contributed by atoms with E-state index in [0.29, 0.717) is 12.1 Å². The van der Waals surface area contributed by atoms with Crippen molar-refractivity contribution in [3.63, 3.8) is 0 Å². The van der Waals surface area contributed by atoms with Gasteiger partial charge in [0.05, 0.1) is 6.04 Å². The highest BCUT2D eigenvalue weighted by atomic mass is 16.6. The number of nitrogens with zero attached hydrogens (tertiary/aromatic N) is 1. The van der Waals surface area contributed by atoms with E-state index in [1.807, 2.05) is 0 Å². The molecule has 3 atom stereocenters. The second kappa shape index (κ2) is 4.57. The van der Waals surface area contributed by atoms with Gasteiger partial charge in [-0.15, -0.1) is 0 Å². The van der Waals surface area contributed by atoms with E-state index < -0.39 is 0 Å². The van der Waals surface area contributed by atoms with Crippen molar-refractivity contribution in [3.05, 3.63) is 53.1 Å². The van der Waals surface area contributed by atoms with Crippen molar-refractivity contribution in [1.82, 2.24) is 4.90 Å². The van der Waals surface area contributed by atoms with Gasteiger partial charge < -0.3 is 4.74 Å². The lowest BCUT2D eigenvalue weighted by molar-refractivity contribution is -0.148.